The topological polar surface area (TPSA) is 200 Å². The van der Waals surface area contributed by atoms with Gasteiger partial charge in [0.2, 0.25) is 11.5 Å². The maximum atomic E-state index is 12.6. The van der Waals surface area contributed by atoms with Crippen molar-refractivity contribution in [2.24, 2.45) is 5.16 Å². The van der Waals surface area contributed by atoms with Crippen LogP contribution in [-0.2, 0) is 28.8 Å². The van der Waals surface area contributed by atoms with Crippen LogP contribution in [-0.4, -0.2) is 80.5 Å². The molecule has 1 aromatic heterocycles. The zero-order valence-electron chi connectivity index (χ0n) is 15.6. The Kier molecular flexibility index (Phi) is 5.91. The first kappa shape index (κ1) is 21.1. The average molecular weight is 440 g/mol. The first-order chi connectivity index (χ1) is 14.2. The van der Waals surface area contributed by atoms with Gasteiger partial charge in [-0.3, -0.25) is 19.3 Å². The monoisotopic (exact) mass is 440 g/mol. The number of oxime groups is 1. The summed E-state index contributed by atoms with van der Waals surface area (Å²) in [6.07, 6.45) is 0. The lowest BCUT2D eigenvalue weighted by Crippen LogP contribution is -2.71. The molecule has 1 aromatic rings. The quantitative estimate of drug-likeness (QED) is 0.188. The lowest BCUT2D eigenvalue weighted by molar-refractivity contribution is -0.150. The summed E-state index contributed by atoms with van der Waals surface area (Å²) in [7, 11) is 1.19. The number of carboxylic acid groups (broad SMARTS) is 1. The van der Waals surface area contributed by atoms with E-state index in [4.69, 9.17) is 10.5 Å². The Balaban J connectivity index is 1.77. The molecule has 0 aromatic carbocycles. The predicted molar refractivity (Wildman–Crippen MR) is 98.6 cm³/mol. The van der Waals surface area contributed by atoms with E-state index in [9.17, 15) is 24.3 Å². The number of amides is 2. The van der Waals surface area contributed by atoms with Gasteiger partial charge in [0, 0.05) is 18.2 Å². The number of thioether (sulfide) groups is 1. The van der Waals surface area contributed by atoms with Gasteiger partial charge in [0.05, 0.1) is 0 Å². The van der Waals surface area contributed by atoms with E-state index in [0.29, 0.717) is 0 Å². The fourth-order valence-corrected chi connectivity index (χ4v) is 4.13. The summed E-state index contributed by atoms with van der Waals surface area (Å²) in [5.41, 5.74) is 4.96. The van der Waals surface area contributed by atoms with Gasteiger partial charge in [-0.25, -0.2) is 4.79 Å². The van der Waals surface area contributed by atoms with Crippen LogP contribution in [0, 0.1) is 0 Å². The molecular weight excluding hydrogens is 424 g/mol. The van der Waals surface area contributed by atoms with E-state index in [1.807, 2.05) is 0 Å². The highest BCUT2D eigenvalue weighted by molar-refractivity contribution is 8.00. The maximum absolute atomic E-state index is 12.6. The van der Waals surface area contributed by atoms with Gasteiger partial charge in [0.15, 0.2) is 0 Å². The van der Waals surface area contributed by atoms with E-state index >= 15 is 0 Å². The predicted octanol–water partition coefficient (Wildman–Crippen LogP) is -1.70. The Morgan fingerprint density at radius 3 is 2.77 bits per heavy atom. The molecule has 30 heavy (non-hydrogen) atoms. The molecule has 2 amide bonds. The Labute approximate surface area is 172 Å². The molecular formula is C15H16N6O8S. The number of aromatic nitrogens is 2. The minimum Gasteiger partial charge on any atom is -0.477 e. The molecule has 1 fully saturated rings. The summed E-state index contributed by atoms with van der Waals surface area (Å²) in [6, 6.07) is -1.33. The molecule has 15 heteroatoms. The first-order valence-corrected chi connectivity index (χ1v) is 9.34. The van der Waals surface area contributed by atoms with Crippen LogP contribution in [0.25, 0.3) is 0 Å². The number of hydrogen-bond acceptors (Lipinski definition) is 12. The van der Waals surface area contributed by atoms with Crippen LogP contribution in [0.5, 0.6) is 0 Å². The molecule has 160 valence electrons. The largest absolute Gasteiger partial charge is 0.477 e. The van der Waals surface area contributed by atoms with Crippen LogP contribution in [0.15, 0.2) is 20.9 Å². The Bertz CT molecular complexity index is 972. The number of anilines is 1. The van der Waals surface area contributed by atoms with E-state index in [-0.39, 0.29) is 41.2 Å². The van der Waals surface area contributed by atoms with Crippen molar-refractivity contribution >= 4 is 47.2 Å². The van der Waals surface area contributed by atoms with Crippen molar-refractivity contribution in [2.75, 3.05) is 25.2 Å². The number of nitrogen functional groups attached to an aromatic ring is 1. The summed E-state index contributed by atoms with van der Waals surface area (Å²) in [5.74, 6) is -3.47. The number of nitrogens with two attached hydrogens (primary N) is 1. The molecule has 2 aliphatic rings. The number of carbonyl (C=O) groups excluding carboxylic acids is 3. The Hall–Kier alpha value is -3.62. The molecule has 3 rings (SSSR count). The summed E-state index contributed by atoms with van der Waals surface area (Å²) in [6.45, 7) is 0.942. The second kappa shape index (κ2) is 8.40. The number of aliphatic carboxylic acids is 1. The van der Waals surface area contributed by atoms with Crippen molar-refractivity contribution in [2.45, 2.75) is 18.3 Å². The normalized spacial score (nSPS) is 20.9. The van der Waals surface area contributed by atoms with E-state index in [1.165, 1.54) is 25.8 Å². The number of ether oxygens (including phenoxy) is 1. The molecule has 2 atom stereocenters. The lowest BCUT2D eigenvalue weighted by atomic mass is 10.0. The summed E-state index contributed by atoms with van der Waals surface area (Å²) in [4.78, 5) is 57.2. The number of fused-ring (bicyclic) bond motifs is 1. The third-order valence-electron chi connectivity index (χ3n) is 4.04. The number of rotatable bonds is 7. The van der Waals surface area contributed by atoms with Gasteiger partial charge in [-0.1, -0.05) is 10.3 Å². The van der Waals surface area contributed by atoms with E-state index in [0.717, 1.165) is 4.90 Å². The average Bonchev–Trinajstić information content (AvgIpc) is 3.13. The van der Waals surface area contributed by atoms with Gasteiger partial charge in [0.1, 0.15) is 30.8 Å². The molecule has 14 nitrogen and oxygen atoms in total. The zero-order valence-corrected chi connectivity index (χ0v) is 16.5. The number of β-lactam (4-membered cyclic amide) rings is 1. The lowest BCUT2D eigenvalue weighted by Gasteiger charge is -2.49. The summed E-state index contributed by atoms with van der Waals surface area (Å²) >= 11 is 1.21. The van der Waals surface area contributed by atoms with Crippen molar-refractivity contribution in [3.8, 4) is 0 Å². The molecule has 2 aliphatic heterocycles. The minimum atomic E-state index is -1.34. The molecule has 4 N–H and O–H groups in total. The van der Waals surface area contributed by atoms with E-state index in [2.05, 4.69) is 30.0 Å². The number of hydrogen-bond donors (Lipinski definition) is 3. The van der Waals surface area contributed by atoms with Crippen molar-refractivity contribution in [3.05, 3.63) is 17.1 Å². The molecule has 0 bridgehead atoms. The van der Waals surface area contributed by atoms with Crippen molar-refractivity contribution in [3.63, 3.8) is 0 Å². The third kappa shape index (κ3) is 3.91. The highest BCUT2D eigenvalue weighted by atomic mass is 32.2. The van der Waals surface area contributed by atoms with E-state index < -0.39 is 35.2 Å². The van der Waals surface area contributed by atoms with Gasteiger partial charge in [-0.05, 0) is 0 Å². The first-order valence-electron chi connectivity index (χ1n) is 8.29. The van der Waals surface area contributed by atoms with Crippen molar-refractivity contribution < 1.29 is 38.4 Å². The molecule has 0 spiro atoms. The summed E-state index contributed by atoms with van der Waals surface area (Å²) < 4.78 is 9.46. The van der Waals surface area contributed by atoms with Crippen molar-refractivity contribution in [1.82, 2.24) is 20.4 Å². The van der Waals surface area contributed by atoms with Gasteiger partial charge >= 0.3 is 18.0 Å². The molecule has 0 aliphatic carbocycles. The third-order valence-corrected chi connectivity index (χ3v) is 5.38. The number of esters is 1. The highest BCUT2D eigenvalue weighted by Gasteiger charge is 2.54. The summed E-state index contributed by atoms with van der Waals surface area (Å²) in [5, 5.41) is 18.3. The fourth-order valence-electron chi connectivity index (χ4n) is 2.80. The number of nitrogens with zero attached hydrogens (tertiary/aromatic N) is 4. The van der Waals surface area contributed by atoms with Crippen LogP contribution in [0.4, 0.5) is 6.01 Å². The van der Waals surface area contributed by atoms with Gasteiger partial charge < -0.3 is 30.3 Å². The standard InChI is InChI=1S/C15H16N6O8S/c1-5(22)28-3-6-4-30-13-8(12(24)21(13)9(6)14(25)26)17-11(23)7(19-27-2)10-18-15(16)29-20-10/h8,13H,3-4H2,1-2H3,(H,17,23)(H,25,26)(H2,16,18,20)/b19-7-/t8?,13-/m1/s1. The molecule has 0 saturated carbocycles. The molecule has 0 radical (unpaired) electrons. The van der Waals surface area contributed by atoms with Gasteiger partial charge in [0.25, 0.3) is 11.8 Å². The fraction of sp³-hybridized carbons (Fsp3) is 0.400. The van der Waals surface area contributed by atoms with Crippen LogP contribution in [0.2, 0.25) is 0 Å². The number of carbonyl (C=O) groups is 4. The zero-order chi connectivity index (χ0) is 22.0. The second-order valence-electron chi connectivity index (χ2n) is 5.98. The molecule has 1 unspecified atom stereocenters. The molecule has 1 saturated heterocycles. The Morgan fingerprint density at radius 1 is 1.47 bits per heavy atom. The Morgan fingerprint density at radius 2 is 2.20 bits per heavy atom. The maximum Gasteiger partial charge on any atom is 0.352 e. The van der Waals surface area contributed by atoms with Crippen LogP contribution in [0.3, 0.4) is 0 Å². The SMILES string of the molecule is CO/N=C(\C(=O)NC1C(=O)N2C(C(=O)O)=C(COC(C)=O)CS[C@H]12)c1noc(N)n1. The second-order valence-corrected chi connectivity index (χ2v) is 7.08. The highest BCUT2D eigenvalue weighted by Crippen LogP contribution is 2.40. The smallest absolute Gasteiger partial charge is 0.352 e. The number of carboxylic acids is 1. The van der Waals surface area contributed by atoms with Crippen LogP contribution in [0.1, 0.15) is 12.7 Å². The van der Waals surface area contributed by atoms with Crippen LogP contribution < -0.4 is 11.1 Å². The van der Waals surface area contributed by atoms with Gasteiger partial charge in [-0.2, -0.15) is 4.98 Å². The minimum absolute atomic E-state index is 0.191. The van der Waals surface area contributed by atoms with Gasteiger partial charge in [-0.15, -0.1) is 11.8 Å². The molecule has 3 heterocycles. The van der Waals surface area contributed by atoms with Crippen molar-refractivity contribution in [1.29, 1.82) is 0 Å². The number of nitrogens with one attached hydrogen (secondary N) is 1. The van der Waals surface area contributed by atoms with Crippen LogP contribution >= 0.6 is 11.8 Å². The van der Waals surface area contributed by atoms with E-state index in [1.54, 1.807) is 0 Å².